The summed E-state index contributed by atoms with van der Waals surface area (Å²) in [6.45, 7) is 4.52. The van der Waals surface area contributed by atoms with Crippen molar-refractivity contribution in [1.82, 2.24) is 14.7 Å². The lowest BCUT2D eigenvalue weighted by atomic mass is 9.96. The van der Waals surface area contributed by atoms with Gasteiger partial charge in [0, 0.05) is 32.2 Å². The van der Waals surface area contributed by atoms with Crippen molar-refractivity contribution in [2.24, 2.45) is 5.92 Å². The van der Waals surface area contributed by atoms with Crippen molar-refractivity contribution in [2.75, 3.05) is 44.3 Å². The van der Waals surface area contributed by atoms with Crippen LogP contribution in [0.2, 0.25) is 0 Å². The average Bonchev–Trinajstić information content (AvgIpc) is 2.76. The summed E-state index contributed by atoms with van der Waals surface area (Å²) in [5.74, 6) is 0.178. The van der Waals surface area contributed by atoms with Crippen LogP contribution < -0.4 is 10.5 Å². The smallest absolute Gasteiger partial charge is 0.269 e. The Morgan fingerprint density at radius 2 is 1.93 bits per heavy atom. The van der Waals surface area contributed by atoms with Crippen LogP contribution in [0, 0.1) is 5.92 Å². The van der Waals surface area contributed by atoms with Gasteiger partial charge in [0.2, 0.25) is 5.91 Å². The van der Waals surface area contributed by atoms with Gasteiger partial charge in [-0.2, -0.15) is 5.10 Å². The van der Waals surface area contributed by atoms with E-state index < -0.39 is 0 Å². The number of amides is 1. The van der Waals surface area contributed by atoms with E-state index >= 15 is 0 Å². The predicted molar refractivity (Wildman–Crippen MR) is 106 cm³/mol. The van der Waals surface area contributed by atoms with Crippen molar-refractivity contribution >= 4 is 11.6 Å². The summed E-state index contributed by atoms with van der Waals surface area (Å²) in [4.78, 5) is 29.4. The van der Waals surface area contributed by atoms with E-state index in [1.165, 1.54) is 4.68 Å². The van der Waals surface area contributed by atoms with Gasteiger partial charge in [0.05, 0.1) is 37.6 Å². The van der Waals surface area contributed by atoms with Gasteiger partial charge >= 0.3 is 0 Å². The summed E-state index contributed by atoms with van der Waals surface area (Å²) in [5.41, 5.74) is 1.72. The fourth-order valence-corrected chi connectivity index (χ4v) is 3.93. The van der Waals surface area contributed by atoms with Crippen molar-refractivity contribution in [1.29, 1.82) is 0 Å². The lowest BCUT2D eigenvalue weighted by molar-refractivity contribution is -0.139. The van der Waals surface area contributed by atoms with E-state index in [2.05, 4.69) is 10.00 Å². The van der Waals surface area contributed by atoms with E-state index in [9.17, 15) is 9.59 Å². The molecule has 1 unspecified atom stereocenters. The zero-order valence-corrected chi connectivity index (χ0v) is 16.0. The van der Waals surface area contributed by atoms with Crippen LogP contribution in [0.1, 0.15) is 18.4 Å². The molecule has 0 N–H and O–H groups in total. The van der Waals surface area contributed by atoms with Gasteiger partial charge < -0.3 is 14.5 Å². The Hall–Kier alpha value is -2.67. The molecule has 148 valence electrons. The second-order valence-electron chi connectivity index (χ2n) is 7.42. The lowest BCUT2D eigenvalue weighted by Gasteiger charge is -2.37. The number of morpholine rings is 1. The number of piperidine rings is 1. The molecule has 2 fully saturated rings. The number of ether oxygens (including phenoxy) is 1. The number of benzene rings is 1. The maximum absolute atomic E-state index is 12.8. The molecule has 1 aromatic carbocycles. The molecule has 2 aliphatic heterocycles. The predicted octanol–water partition coefficient (Wildman–Crippen LogP) is 1.37. The molecule has 0 aliphatic carbocycles. The molecular weight excluding hydrogens is 356 g/mol. The van der Waals surface area contributed by atoms with E-state index in [0.29, 0.717) is 39.4 Å². The molecule has 2 aromatic rings. The third kappa shape index (κ3) is 4.25. The van der Waals surface area contributed by atoms with Gasteiger partial charge in [0.25, 0.3) is 5.56 Å². The maximum atomic E-state index is 12.8. The van der Waals surface area contributed by atoms with Crippen LogP contribution in [0.15, 0.2) is 47.4 Å². The van der Waals surface area contributed by atoms with Crippen LogP contribution in [-0.4, -0.2) is 60.0 Å². The highest BCUT2D eigenvalue weighted by Crippen LogP contribution is 2.23. The number of anilines is 1. The highest BCUT2D eigenvalue weighted by Gasteiger charge is 2.30. The number of nitrogens with zero attached hydrogens (tertiary/aromatic N) is 4. The third-order valence-electron chi connectivity index (χ3n) is 5.49. The van der Waals surface area contributed by atoms with Gasteiger partial charge in [-0.25, -0.2) is 4.68 Å². The Balaban J connectivity index is 1.44. The largest absolute Gasteiger partial charge is 0.378 e. The maximum Gasteiger partial charge on any atom is 0.269 e. The second kappa shape index (κ2) is 8.56. The van der Waals surface area contributed by atoms with Gasteiger partial charge in [0.1, 0.15) is 0 Å². The number of carbonyl (C=O) groups is 1. The Morgan fingerprint density at radius 1 is 1.14 bits per heavy atom. The number of hydrogen-bond acceptors (Lipinski definition) is 5. The molecule has 0 radical (unpaired) electrons. The summed E-state index contributed by atoms with van der Waals surface area (Å²) >= 11 is 0. The Labute approximate surface area is 164 Å². The quantitative estimate of drug-likeness (QED) is 0.799. The van der Waals surface area contributed by atoms with Crippen LogP contribution in [0.3, 0.4) is 0 Å². The van der Waals surface area contributed by atoms with Crippen LogP contribution >= 0.6 is 0 Å². The number of rotatable bonds is 4. The van der Waals surface area contributed by atoms with Crippen molar-refractivity contribution in [3.05, 3.63) is 58.5 Å². The highest BCUT2D eigenvalue weighted by atomic mass is 16.5. The third-order valence-corrected chi connectivity index (χ3v) is 5.49. The zero-order chi connectivity index (χ0) is 19.3. The normalized spacial score (nSPS) is 20.2. The number of carbonyl (C=O) groups excluding carboxylic acids is 1. The van der Waals surface area contributed by atoms with Gasteiger partial charge in [-0.05, 0) is 18.4 Å². The van der Waals surface area contributed by atoms with E-state index in [1.54, 1.807) is 12.3 Å². The molecule has 0 bridgehead atoms. The van der Waals surface area contributed by atoms with E-state index in [4.69, 9.17) is 4.74 Å². The summed E-state index contributed by atoms with van der Waals surface area (Å²) in [6, 6.07) is 11.5. The highest BCUT2D eigenvalue weighted by molar-refractivity contribution is 5.80. The van der Waals surface area contributed by atoms with Gasteiger partial charge in [-0.15, -0.1) is 0 Å². The summed E-state index contributed by atoms with van der Waals surface area (Å²) in [7, 11) is 0. The second-order valence-corrected chi connectivity index (χ2v) is 7.42. The zero-order valence-electron chi connectivity index (χ0n) is 16.0. The van der Waals surface area contributed by atoms with Crippen LogP contribution in [0.25, 0.3) is 0 Å². The molecule has 1 atom stereocenters. The van der Waals surface area contributed by atoms with Crippen molar-refractivity contribution in [3.63, 3.8) is 0 Å². The molecule has 7 nitrogen and oxygen atoms in total. The molecule has 1 amide bonds. The molecular formula is C21H26N4O3. The minimum absolute atomic E-state index is 0.0291. The van der Waals surface area contributed by atoms with Gasteiger partial charge in [-0.1, -0.05) is 30.3 Å². The standard InChI is InChI=1S/C21H26N4O3/c26-20-13-19(14-22-25(20)15-17-5-2-1-3-6-17)24-8-4-7-18(16-24)21(27)23-9-11-28-12-10-23/h1-3,5-6,13-14,18H,4,7-12,15-16H2. The van der Waals surface area contributed by atoms with Gasteiger partial charge in [-0.3, -0.25) is 9.59 Å². The number of hydrogen-bond donors (Lipinski definition) is 0. The fourth-order valence-electron chi connectivity index (χ4n) is 3.93. The Morgan fingerprint density at radius 3 is 2.68 bits per heavy atom. The van der Waals surface area contributed by atoms with Crippen LogP contribution in [0.4, 0.5) is 5.69 Å². The minimum atomic E-state index is -0.122. The topological polar surface area (TPSA) is 67.7 Å². The van der Waals surface area contributed by atoms with E-state index in [-0.39, 0.29) is 17.4 Å². The van der Waals surface area contributed by atoms with Crippen molar-refractivity contribution in [2.45, 2.75) is 19.4 Å². The molecule has 0 saturated carbocycles. The monoisotopic (exact) mass is 382 g/mol. The lowest BCUT2D eigenvalue weighted by Crippen LogP contribution is -2.48. The van der Waals surface area contributed by atoms with Crippen molar-refractivity contribution in [3.8, 4) is 0 Å². The Bertz CT molecular complexity index is 861. The van der Waals surface area contributed by atoms with E-state index in [1.807, 2.05) is 35.2 Å². The molecule has 3 heterocycles. The SMILES string of the molecule is O=C(C1CCCN(c2cnn(Cc3ccccc3)c(=O)c2)C1)N1CCOCC1. The van der Waals surface area contributed by atoms with Crippen molar-refractivity contribution < 1.29 is 9.53 Å². The first-order chi connectivity index (χ1) is 13.7. The molecule has 2 aliphatic rings. The average molecular weight is 382 g/mol. The van der Waals surface area contributed by atoms with E-state index in [0.717, 1.165) is 30.6 Å². The summed E-state index contributed by atoms with van der Waals surface area (Å²) < 4.78 is 6.82. The first-order valence-corrected chi connectivity index (χ1v) is 9.93. The first-order valence-electron chi connectivity index (χ1n) is 9.93. The molecule has 2 saturated heterocycles. The summed E-state index contributed by atoms with van der Waals surface area (Å²) in [5, 5.41) is 4.36. The Kier molecular flexibility index (Phi) is 5.71. The van der Waals surface area contributed by atoms with Gasteiger partial charge in [0.15, 0.2) is 0 Å². The number of aromatic nitrogens is 2. The molecule has 28 heavy (non-hydrogen) atoms. The van der Waals surface area contributed by atoms with Crippen LogP contribution in [-0.2, 0) is 16.1 Å². The molecule has 1 aromatic heterocycles. The van der Waals surface area contributed by atoms with Crippen LogP contribution in [0.5, 0.6) is 0 Å². The summed E-state index contributed by atoms with van der Waals surface area (Å²) in [6.07, 6.45) is 3.57. The molecule has 7 heteroatoms. The fraction of sp³-hybridized carbons (Fsp3) is 0.476. The minimum Gasteiger partial charge on any atom is -0.378 e. The molecule has 0 spiro atoms. The molecule has 4 rings (SSSR count). The first kappa shape index (κ1) is 18.7.